The van der Waals surface area contributed by atoms with Crippen LogP contribution in [0.25, 0.3) is 0 Å². The van der Waals surface area contributed by atoms with Crippen molar-refractivity contribution in [3.05, 3.63) is 59.2 Å². The highest BCUT2D eigenvalue weighted by Gasteiger charge is 2.17. The Balaban J connectivity index is 2.08. The topological polar surface area (TPSA) is 81.4 Å². The van der Waals surface area contributed by atoms with Gasteiger partial charge in [0.05, 0.1) is 11.3 Å². The van der Waals surface area contributed by atoms with Crippen molar-refractivity contribution in [3.63, 3.8) is 0 Å². The molecule has 120 valence electrons. The molecule has 1 atom stereocenters. The Kier molecular flexibility index (Phi) is 5.01. The van der Waals surface area contributed by atoms with Gasteiger partial charge in [-0.3, -0.25) is 9.59 Å². The molecule has 0 heterocycles. The lowest BCUT2D eigenvalue weighted by Crippen LogP contribution is -2.31. The molecule has 23 heavy (non-hydrogen) atoms. The predicted octanol–water partition coefficient (Wildman–Crippen LogP) is 2.81. The number of rotatable bonds is 5. The molecule has 0 spiro atoms. The van der Waals surface area contributed by atoms with Gasteiger partial charge in [0, 0.05) is 0 Å². The van der Waals surface area contributed by atoms with E-state index in [1.807, 2.05) is 32.0 Å². The lowest BCUT2D eigenvalue weighted by atomic mass is 10.1. The highest BCUT2D eigenvalue weighted by Crippen LogP contribution is 2.19. The van der Waals surface area contributed by atoms with Gasteiger partial charge in [-0.2, -0.15) is 0 Å². The molecule has 5 nitrogen and oxygen atoms in total. The monoisotopic (exact) mass is 312 g/mol. The first kappa shape index (κ1) is 16.5. The van der Waals surface area contributed by atoms with Crippen molar-refractivity contribution in [2.45, 2.75) is 26.9 Å². The molecule has 2 aromatic carbocycles. The van der Waals surface area contributed by atoms with Gasteiger partial charge < -0.3 is 15.8 Å². The summed E-state index contributed by atoms with van der Waals surface area (Å²) in [5.74, 6) is -0.320. The van der Waals surface area contributed by atoms with E-state index in [-0.39, 0.29) is 11.5 Å². The Morgan fingerprint density at radius 2 is 1.78 bits per heavy atom. The van der Waals surface area contributed by atoms with Crippen LogP contribution in [-0.2, 0) is 4.79 Å². The Morgan fingerprint density at radius 3 is 2.43 bits per heavy atom. The molecule has 0 radical (unpaired) electrons. The van der Waals surface area contributed by atoms with Crippen LogP contribution in [0.15, 0.2) is 42.5 Å². The molecule has 2 rings (SSSR count). The number of amides is 2. The van der Waals surface area contributed by atoms with Gasteiger partial charge in [0.2, 0.25) is 0 Å². The summed E-state index contributed by atoms with van der Waals surface area (Å²) in [6, 6.07) is 12.2. The van der Waals surface area contributed by atoms with Gasteiger partial charge in [0.25, 0.3) is 11.8 Å². The van der Waals surface area contributed by atoms with E-state index >= 15 is 0 Å². The van der Waals surface area contributed by atoms with Gasteiger partial charge in [-0.25, -0.2) is 0 Å². The summed E-state index contributed by atoms with van der Waals surface area (Å²) in [6.07, 6.45) is -0.710. The van der Waals surface area contributed by atoms with E-state index in [0.717, 1.165) is 11.1 Å². The van der Waals surface area contributed by atoms with Crippen LogP contribution in [-0.4, -0.2) is 17.9 Å². The van der Waals surface area contributed by atoms with Crippen LogP contribution >= 0.6 is 0 Å². The molecule has 3 N–H and O–H groups in total. The Hall–Kier alpha value is -2.82. The molecule has 0 aliphatic rings. The predicted molar refractivity (Wildman–Crippen MR) is 89.6 cm³/mol. The highest BCUT2D eigenvalue weighted by atomic mass is 16.5. The fourth-order valence-corrected chi connectivity index (χ4v) is 2.09. The average molecular weight is 312 g/mol. The Bertz CT molecular complexity index is 741. The Labute approximate surface area is 135 Å². The zero-order chi connectivity index (χ0) is 17.0. The van der Waals surface area contributed by atoms with Gasteiger partial charge in [-0.15, -0.1) is 0 Å². The maximum atomic E-state index is 12.3. The zero-order valence-corrected chi connectivity index (χ0v) is 13.4. The lowest BCUT2D eigenvalue weighted by Gasteiger charge is -2.16. The van der Waals surface area contributed by atoms with E-state index in [1.54, 1.807) is 31.2 Å². The third kappa shape index (κ3) is 4.10. The standard InChI is InChI=1S/C18H20N2O3/c1-11-8-9-14(10-12(11)2)23-13(3)18(22)20-16-7-5-4-6-15(16)17(19)21/h4-10,13H,1-3H3,(H2,19,21)(H,20,22). The quantitative estimate of drug-likeness (QED) is 0.890. The average Bonchev–Trinajstić information content (AvgIpc) is 2.51. The fourth-order valence-electron chi connectivity index (χ4n) is 2.09. The van der Waals surface area contributed by atoms with Gasteiger partial charge in [-0.1, -0.05) is 18.2 Å². The smallest absolute Gasteiger partial charge is 0.265 e. The van der Waals surface area contributed by atoms with Crippen molar-refractivity contribution in [3.8, 4) is 5.75 Å². The second kappa shape index (κ2) is 6.96. The number of nitrogens with two attached hydrogens (primary N) is 1. The number of aryl methyl sites for hydroxylation is 2. The molecule has 0 fully saturated rings. The number of ether oxygens (including phenoxy) is 1. The molecule has 5 heteroatoms. The van der Waals surface area contributed by atoms with Crippen LogP contribution in [0.4, 0.5) is 5.69 Å². The molecule has 0 bridgehead atoms. The first-order valence-corrected chi connectivity index (χ1v) is 7.32. The zero-order valence-electron chi connectivity index (χ0n) is 13.4. The molecule has 1 unspecified atom stereocenters. The summed E-state index contributed by atoms with van der Waals surface area (Å²) < 4.78 is 5.66. The van der Waals surface area contributed by atoms with Gasteiger partial charge in [0.1, 0.15) is 5.75 Å². The van der Waals surface area contributed by atoms with Crippen LogP contribution < -0.4 is 15.8 Å². The van der Waals surface area contributed by atoms with Crippen molar-refractivity contribution in [1.29, 1.82) is 0 Å². The van der Waals surface area contributed by atoms with E-state index in [2.05, 4.69) is 5.32 Å². The van der Waals surface area contributed by atoms with Crippen LogP contribution in [0.5, 0.6) is 5.75 Å². The first-order chi connectivity index (χ1) is 10.9. The molecule has 0 aliphatic heterocycles. The summed E-state index contributed by atoms with van der Waals surface area (Å²) in [4.78, 5) is 23.6. The number of carbonyl (C=O) groups excluding carboxylic acids is 2. The Morgan fingerprint density at radius 1 is 1.09 bits per heavy atom. The maximum absolute atomic E-state index is 12.3. The number of carbonyl (C=O) groups is 2. The number of anilines is 1. The first-order valence-electron chi connectivity index (χ1n) is 7.32. The van der Waals surface area contributed by atoms with Crippen LogP contribution in [0, 0.1) is 13.8 Å². The van der Waals surface area contributed by atoms with Crippen LogP contribution in [0.3, 0.4) is 0 Å². The van der Waals surface area contributed by atoms with Crippen molar-refractivity contribution < 1.29 is 14.3 Å². The highest BCUT2D eigenvalue weighted by molar-refractivity contribution is 6.03. The molecular formula is C18H20N2O3. The minimum atomic E-state index is -0.710. The van der Waals surface area contributed by atoms with E-state index in [0.29, 0.717) is 11.4 Å². The third-order valence-corrected chi connectivity index (χ3v) is 3.61. The summed E-state index contributed by atoms with van der Waals surface area (Å²) in [6.45, 7) is 5.64. The molecule has 0 aliphatic carbocycles. The SMILES string of the molecule is Cc1ccc(OC(C)C(=O)Nc2ccccc2C(N)=O)cc1C. The minimum absolute atomic E-state index is 0.263. The fraction of sp³-hybridized carbons (Fsp3) is 0.222. The number of hydrogen-bond donors (Lipinski definition) is 2. The number of primary amides is 1. The summed E-state index contributed by atoms with van der Waals surface area (Å²) in [5, 5.41) is 2.67. The van der Waals surface area contributed by atoms with Gasteiger partial charge in [-0.05, 0) is 56.2 Å². The van der Waals surface area contributed by atoms with Crippen molar-refractivity contribution in [2.24, 2.45) is 5.73 Å². The van der Waals surface area contributed by atoms with Gasteiger partial charge in [0.15, 0.2) is 6.10 Å². The second-order valence-corrected chi connectivity index (χ2v) is 5.41. The van der Waals surface area contributed by atoms with E-state index in [1.165, 1.54) is 0 Å². The summed E-state index contributed by atoms with van der Waals surface area (Å²) in [7, 11) is 0. The third-order valence-electron chi connectivity index (χ3n) is 3.61. The van der Waals surface area contributed by atoms with Crippen LogP contribution in [0.2, 0.25) is 0 Å². The molecule has 0 saturated carbocycles. The number of benzene rings is 2. The van der Waals surface area contributed by atoms with E-state index in [9.17, 15) is 9.59 Å². The van der Waals surface area contributed by atoms with Crippen molar-refractivity contribution in [2.75, 3.05) is 5.32 Å². The normalized spacial score (nSPS) is 11.6. The molecular weight excluding hydrogens is 292 g/mol. The number of hydrogen-bond acceptors (Lipinski definition) is 3. The largest absolute Gasteiger partial charge is 0.481 e. The molecule has 2 aromatic rings. The molecule has 0 aromatic heterocycles. The van der Waals surface area contributed by atoms with Gasteiger partial charge >= 0.3 is 0 Å². The summed E-state index contributed by atoms with van der Waals surface area (Å²) >= 11 is 0. The van der Waals surface area contributed by atoms with E-state index in [4.69, 9.17) is 10.5 Å². The minimum Gasteiger partial charge on any atom is -0.481 e. The lowest BCUT2D eigenvalue weighted by molar-refractivity contribution is -0.122. The van der Waals surface area contributed by atoms with E-state index < -0.39 is 12.0 Å². The maximum Gasteiger partial charge on any atom is 0.265 e. The van der Waals surface area contributed by atoms with Crippen LogP contribution in [0.1, 0.15) is 28.4 Å². The summed E-state index contributed by atoms with van der Waals surface area (Å²) in [5.41, 5.74) is 8.19. The van der Waals surface area contributed by atoms with Crippen molar-refractivity contribution in [1.82, 2.24) is 0 Å². The van der Waals surface area contributed by atoms with Crippen molar-refractivity contribution >= 4 is 17.5 Å². The molecule has 2 amide bonds. The second-order valence-electron chi connectivity index (χ2n) is 5.41. The number of para-hydroxylation sites is 1. The molecule has 0 saturated heterocycles. The number of nitrogens with one attached hydrogen (secondary N) is 1.